The standard InChI is InChI=1S/C20H20N2/c1-3-7-16(8-4-1)20(17-9-5-2-6-10-17)18-14-11-12-15(13-14)19(18)21-22-20/h1-10,14-15,18-19H,11-13H2/t14-,15-,18-,19+/m0/s1. The lowest BCUT2D eigenvalue weighted by atomic mass is 9.66. The Balaban J connectivity index is 1.73. The Morgan fingerprint density at radius 1 is 0.773 bits per heavy atom. The van der Waals surface area contributed by atoms with E-state index >= 15 is 0 Å². The van der Waals surface area contributed by atoms with Crippen molar-refractivity contribution >= 4 is 0 Å². The summed E-state index contributed by atoms with van der Waals surface area (Å²) in [6.45, 7) is 0. The van der Waals surface area contributed by atoms with E-state index in [0.717, 1.165) is 11.8 Å². The molecule has 0 spiro atoms. The van der Waals surface area contributed by atoms with Crippen molar-refractivity contribution in [2.75, 3.05) is 0 Å². The van der Waals surface area contributed by atoms with Crippen LogP contribution in [0.3, 0.4) is 0 Å². The molecule has 1 heterocycles. The molecule has 22 heavy (non-hydrogen) atoms. The van der Waals surface area contributed by atoms with Crippen molar-refractivity contribution in [3.8, 4) is 0 Å². The van der Waals surface area contributed by atoms with Gasteiger partial charge in [0.05, 0.1) is 6.04 Å². The van der Waals surface area contributed by atoms with Crippen LogP contribution in [0.15, 0.2) is 70.9 Å². The molecule has 2 aromatic carbocycles. The summed E-state index contributed by atoms with van der Waals surface area (Å²) in [4.78, 5) is 0. The average molecular weight is 288 g/mol. The predicted molar refractivity (Wildman–Crippen MR) is 86.6 cm³/mol. The lowest BCUT2D eigenvalue weighted by Gasteiger charge is -2.37. The normalized spacial score (nSPS) is 34.0. The summed E-state index contributed by atoms with van der Waals surface area (Å²) in [6, 6.07) is 22.1. The molecule has 0 N–H and O–H groups in total. The molecule has 4 atom stereocenters. The molecule has 2 saturated carbocycles. The van der Waals surface area contributed by atoms with Gasteiger partial charge in [-0.1, -0.05) is 60.7 Å². The first-order valence-electron chi connectivity index (χ1n) is 8.42. The van der Waals surface area contributed by atoms with Gasteiger partial charge in [-0.3, -0.25) is 0 Å². The summed E-state index contributed by atoms with van der Waals surface area (Å²) in [6.07, 6.45) is 4.07. The molecule has 2 heteroatoms. The van der Waals surface area contributed by atoms with Gasteiger partial charge in [-0.2, -0.15) is 10.2 Å². The van der Waals surface area contributed by atoms with E-state index in [2.05, 4.69) is 60.7 Å². The van der Waals surface area contributed by atoms with Crippen LogP contribution in [0.25, 0.3) is 0 Å². The monoisotopic (exact) mass is 288 g/mol. The Morgan fingerprint density at radius 3 is 2.00 bits per heavy atom. The molecular weight excluding hydrogens is 268 g/mol. The Labute approximate surface area is 131 Å². The molecule has 2 fully saturated rings. The van der Waals surface area contributed by atoms with E-state index in [4.69, 9.17) is 10.2 Å². The van der Waals surface area contributed by atoms with Gasteiger partial charge in [0.2, 0.25) is 0 Å². The van der Waals surface area contributed by atoms with Crippen LogP contribution in [0.4, 0.5) is 0 Å². The highest BCUT2D eigenvalue weighted by Crippen LogP contribution is 2.62. The highest BCUT2D eigenvalue weighted by Gasteiger charge is 2.61. The summed E-state index contributed by atoms with van der Waals surface area (Å²) in [5.74, 6) is 2.11. The van der Waals surface area contributed by atoms with Gasteiger partial charge in [-0.15, -0.1) is 0 Å². The molecular formula is C20H20N2. The first-order chi connectivity index (χ1) is 10.9. The van der Waals surface area contributed by atoms with Gasteiger partial charge in [0.1, 0.15) is 5.54 Å². The summed E-state index contributed by atoms with van der Waals surface area (Å²) >= 11 is 0. The second kappa shape index (κ2) is 4.52. The molecule has 110 valence electrons. The number of hydrogen-bond acceptors (Lipinski definition) is 2. The molecule has 0 unspecified atom stereocenters. The zero-order chi connectivity index (χ0) is 14.6. The molecule has 2 aliphatic carbocycles. The van der Waals surface area contributed by atoms with E-state index in [1.807, 2.05) is 0 Å². The van der Waals surface area contributed by atoms with Gasteiger partial charge in [-0.05, 0) is 42.2 Å². The zero-order valence-electron chi connectivity index (χ0n) is 12.6. The van der Waals surface area contributed by atoms with Crippen molar-refractivity contribution in [2.24, 2.45) is 28.0 Å². The minimum Gasteiger partial charge on any atom is -0.189 e. The Morgan fingerprint density at radius 2 is 1.36 bits per heavy atom. The van der Waals surface area contributed by atoms with Gasteiger partial charge in [0.15, 0.2) is 0 Å². The lowest BCUT2D eigenvalue weighted by Crippen LogP contribution is -2.39. The molecule has 0 aromatic heterocycles. The van der Waals surface area contributed by atoms with E-state index in [-0.39, 0.29) is 5.54 Å². The Hall–Kier alpha value is -1.96. The van der Waals surface area contributed by atoms with Crippen molar-refractivity contribution in [2.45, 2.75) is 30.8 Å². The van der Waals surface area contributed by atoms with E-state index in [1.165, 1.54) is 30.4 Å². The Bertz CT molecular complexity index is 668. The van der Waals surface area contributed by atoms with Crippen LogP contribution in [0, 0.1) is 17.8 Å². The van der Waals surface area contributed by atoms with Crippen LogP contribution in [-0.2, 0) is 5.54 Å². The second-order valence-electron chi connectivity index (χ2n) is 7.06. The molecule has 0 saturated heterocycles. The third kappa shape index (κ3) is 1.50. The molecule has 2 aromatic rings. The van der Waals surface area contributed by atoms with Crippen LogP contribution in [-0.4, -0.2) is 6.04 Å². The molecule has 0 amide bonds. The zero-order valence-corrected chi connectivity index (χ0v) is 12.6. The smallest absolute Gasteiger partial charge is 0.136 e. The first kappa shape index (κ1) is 12.6. The van der Waals surface area contributed by atoms with Gasteiger partial charge >= 0.3 is 0 Å². The van der Waals surface area contributed by atoms with Crippen LogP contribution in [0.1, 0.15) is 30.4 Å². The van der Waals surface area contributed by atoms with Crippen molar-refractivity contribution in [1.82, 2.24) is 0 Å². The quantitative estimate of drug-likeness (QED) is 0.757. The van der Waals surface area contributed by atoms with Crippen LogP contribution < -0.4 is 0 Å². The molecule has 5 rings (SSSR count). The van der Waals surface area contributed by atoms with Gasteiger partial charge in [0, 0.05) is 5.92 Å². The minimum absolute atomic E-state index is 0.257. The highest BCUT2D eigenvalue weighted by molar-refractivity contribution is 5.42. The summed E-state index contributed by atoms with van der Waals surface area (Å²) in [7, 11) is 0. The third-order valence-electron chi connectivity index (χ3n) is 6.13. The van der Waals surface area contributed by atoms with E-state index in [1.54, 1.807) is 0 Å². The van der Waals surface area contributed by atoms with Crippen LogP contribution >= 0.6 is 0 Å². The maximum Gasteiger partial charge on any atom is 0.136 e. The number of rotatable bonds is 2. The van der Waals surface area contributed by atoms with Gasteiger partial charge in [-0.25, -0.2) is 0 Å². The largest absolute Gasteiger partial charge is 0.189 e. The van der Waals surface area contributed by atoms with Crippen molar-refractivity contribution in [3.63, 3.8) is 0 Å². The summed E-state index contributed by atoms with van der Waals surface area (Å²) in [5, 5.41) is 9.77. The van der Waals surface area contributed by atoms with Crippen LogP contribution in [0.5, 0.6) is 0 Å². The summed E-state index contributed by atoms with van der Waals surface area (Å²) in [5.41, 5.74) is 2.36. The lowest BCUT2D eigenvalue weighted by molar-refractivity contribution is 0.236. The molecule has 0 radical (unpaired) electrons. The molecule has 2 bridgehead atoms. The maximum absolute atomic E-state index is 4.96. The number of azo groups is 1. The SMILES string of the molecule is c1ccc(C2(c3ccccc3)N=N[C@@H]3[C@H]4CC[C@@H](C4)[C@@H]32)cc1. The number of hydrogen-bond donors (Lipinski definition) is 0. The fourth-order valence-corrected chi connectivity index (χ4v) is 5.29. The summed E-state index contributed by atoms with van der Waals surface area (Å²) < 4.78 is 0. The van der Waals surface area contributed by atoms with E-state index in [9.17, 15) is 0 Å². The van der Waals surface area contributed by atoms with Gasteiger partial charge in [0.25, 0.3) is 0 Å². The molecule has 3 aliphatic rings. The average Bonchev–Trinajstić information content (AvgIpc) is 3.29. The van der Waals surface area contributed by atoms with Crippen molar-refractivity contribution in [1.29, 1.82) is 0 Å². The third-order valence-corrected chi connectivity index (χ3v) is 6.13. The topological polar surface area (TPSA) is 24.7 Å². The number of benzene rings is 2. The van der Waals surface area contributed by atoms with Crippen LogP contribution in [0.2, 0.25) is 0 Å². The minimum atomic E-state index is -0.257. The van der Waals surface area contributed by atoms with Crippen molar-refractivity contribution < 1.29 is 0 Å². The number of nitrogens with zero attached hydrogens (tertiary/aromatic N) is 2. The second-order valence-corrected chi connectivity index (χ2v) is 7.06. The molecule has 2 nitrogen and oxygen atoms in total. The Kier molecular flexibility index (Phi) is 2.58. The van der Waals surface area contributed by atoms with Gasteiger partial charge < -0.3 is 0 Å². The predicted octanol–water partition coefficient (Wildman–Crippen LogP) is 4.81. The van der Waals surface area contributed by atoms with E-state index in [0.29, 0.717) is 12.0 Å². The highest BCUT2D eigenvalue weighted by atomic mass is 15.2. The van der Waals surface area contributed by atoms with Crippen molar-refractivity contribution in [3.05, 3.63) is 71.8 Å². The molecule has 1 aliphatic heterocycles. The maximum atomic E-state index is 4.96. The fraction of sp³-hybridized carbons (Fsp3) is 0.400. The van der Waals surface area contributed by atoms with E-state index < -0.39 is 0 Å². The first-order valence-corrected chi connectivity index (χ1v) is 8.42. The number of fused-ring (bicyclic) bond motifs is 5. The fourth-order valence-electron chi connectivity index (χ4n) is 5.29.